The van der Waals surface area contributed by atoms with Gasteiger partial charge in [0.1, 0.15) is 10.3 Å². The van der Waals surface area contributed by atoms with Crippen LogP contribution in [0.2, 0.25) is 0 Å². The van der Waals surface area contributed by atoms with Gasteiger partial charge in [0.05, 0.1) is 0 Å². The topological polar surface area (TPSA) is 41.6 Å². The van der Waals surface area contributed by atoms with Crippen molar-refractivity contribution in [2.45, 2.75) is 20.3 Å². The molecule has 3 nitrogen and oxygen atoms in total. The Kier molecular flexibility index (Phi) is 3.10. The third-order valence-corrected chi connectivity index (χ3v) is 2.52. The van der Waals surface area contributed by atoms with Crippen LogP contribution in [0.15, 0.2) is 24.3 Å². The fourth-order valence-electron chi connectivity index (χ4n) is 1.49. The molecular formula is C12H13N3S. The quantitative estimate of drug-likeness (QED) is 0.808. The number of hydrogen-bond acceptors (Lipinski definition) is 3. The Balaban J connectivity index is 2.55. The smallest absolute Gasteiger partial charge is 0.157 e. The van der Waals surface area contributed by atoms with E-state index in [0.717, 1.165) is 29.3 Å². The molecule has 0 unspecified atom stereocenters. The van der Waals surface area contributed by atoms with E-state index in [4.69, 9.17) is 12.2 Å². The number of rotatable bonds is 2. The molecule has 0 saturated heterocycles. The second kappa shape index (κ2) is 4.53. The Bertz CT molecular complexity index is 560. The second-order valence-electron chi connectivity index (χ2n) is 3.61. The highest BCUT2D eigenvalue weighted by molar-refractivity contribution is 7.71. The van der Waals surface area contributed by atoms with Crippen LogP contribution in [0.25, 0.3) is 11.5 Å². The van der Waals surface area contributed by atoms with Crippen LogP contribution in [-0.2, 0) is 6.42 Å². The maximum Gasteiger partial charge on any atom is 0.157 e. The van der Waals surface area contributed by atoms with Gasteiger partial charge in [0.25, 0.3) is 0 Å². The van der Waals surface area contributed by atoms with E-state index in [0.29, 0.717) is 4.64 Å². The summed E-state index contributed by atoms with van der Waals surface area (Å²) < 4.78 is 0.605. The molecule has 0 aromatic carbocycles. The van der Waals surface area contributed by atoms with Crippen LogP contribution in [0.3, 0.4) is 0 Å². The van der Waals surface area contributed by atoms with Crippen LogP contribution in [0, 0.1) is 11.6 Å². The van der Waals surface area contributed by atoms with Crippen LogP contribution < -0.4 is 0 Å². The lowest BCUT2D eigenvalue weighted by Crippen LogP contribution is -1.97. The van der Waals surface area contributed by atoms with Gasteiger partial charge in [-0.15, -0.1) is 0 Å². The Morgan fingerprint density at radius 3 is 2.81 bits per heavy atom. The van der Waals surface area contributed by atoms with Gasteiger partial charge < -0.3 is 4.98 Å². The Morgan fingerprint density at radius 1 is 1.31 bits per heavy atom. The summed E-state index contributed by atoms with van der Waals surface area (Å²) in [6, 6.07) is 7.74. The van der Waals surface area contributed by atoms with Crippen molar-refractivity contribution in [2.24, 2.45) is 0 Å². The van der Waals surface area contributed by atoms with E-state index in [1.165, 1.54) is 0 Å². The summed E-state index contributed by atoms with van der Waals surface area (Å²) in [6.07, 6.45) is 0.908. The van der Waals surface area contributed by atoms with Crippen LogP contribution in [0.4, 0.5) is 0 Å². The molecule has 1 N–H and O–H groups in total. The van der Waals surface area contributed by atoms with E-state index in [2.05, 4.69) is 21.9 Å². The lowest BCUT2D eigenvalue weighted by Gasteiger charge is -2.04. The average Bonchev–Trinajstić information content (AvgIpc) is 2.28. The summed E-state index contributed by atoms with van der Waals surface area (Å²) in [5.41, 5.74) is 2.89. The number of nitrogens with zero attached hydrogens (tertiary/aromatic N) is 2. The fourth-order valence-corrected chi connectivity index (χ4v) is 1.73. The van der Waals surface area contributed by atoms with Crippen molar-refractivity contribution in [3.63, 3.8) is 0 Å². The van der Waals surface area contributed by atoms with E-state index >= 15 is 0 Å². The minimum Gasteiger partial charge on any atom is -0.342 e. The maximum absolute atomic E-state index is 5.13. The number of nitrogens with one attached hydrogen (secondary N) is 1. The first-order chi connectivity index (χ1) is 7.69. The van der Waals surface area contributed by atoms with Crippen molar-refractivity contribution in [3.8, 4) is 11.5 Å². The number of aromatic nitrogens is 3. The molecule has 0 fully saturated rings. The standard InChI is InChI=1S/C12H13N3S/c1-3-9-7-11(16)15-12(14-9)10-6-4-5-8(2)13-10/h4-7H,3H2,1-2H3,(H,14,15,16). The number of H-pyrrole nitrogens is 1. The predicted molar refractivity (Wildman–Crippen MR) is 66.8 cm³/mol. The Morgan fingerprint density at radius 2 is 2.12 bits per heavy atom. The zero-order valence-electron chi connectivity index (χ0n) is 9.32. The molecule has 2 aromatic heterocycles. The van der Waals surface area contributed by atoms with Crippen LogP contribution in [0.5, 0.6) is 0 Å². The molecule has 0 saturated carbocycles. The summed E-state index contributed by atoms with van der Waals surface area (Å²) in [4.78, 5) is 11.9. The van der Waals surface area contributed by atoms with Gasteiger partial charge in [-0.1, -0.05) is 25.2 Å². The molecule has 4 heteroatoms. The predicted octanol–water partition coefficient (Wildman–Crippen LogP) is 3.07. The lowest BCUT2D eigenvalue weighted by molar-refractivity contribution is 0.989. The molecule has 0 aliphatic rings. The van der Waals surface area contributed by atoms with E-state index in [9.17, 15) is 0 Å². The minimum absolute atomic E-state index is 0.605. The average molecular weight is 231 g/mol. The van der Waals surface area contributed by atoms with Crippen molar-refractivity contribution >= 4 is 12.2 Å². The van der Waals surface area contributed by atoms with E-state index in [1.807, 2.05) is 31.2 Å². The highest BCUT2D eigenvalue weighted by atomic mass is 32.1. The first kappa shape index (κ1) is 11.0. The molecule has 0 bridgehead atoms. The zero-order chi connectivity index (χ0) is 11.5. The van der Waals surface area contributed by atoms with Crippen LogP contribution in [0.1, 0.15) is 18.3 Å². The third kappa shape index (κ3) is 2.33. The van der Waals surface area contributed by atoms with Gasteiger partial charge >= 0.3 is 0 Å². The molecule has 0 spiro atoms. The van der Waals surface area contributed by atoms with Gasteiger partial charge in [-0.3, -0.25) is 0 Å². The highest BCUT2D eigenvalue weighted by Gasteiger charge is 2.02. The van der Waals surface area contributed by atoms with Crippen molar-refractivity contribution in [1.29, 1.82) is 0 Å². The molecule has 0 atom stereocenters. The SMILES string of the molecule is CCc1cc(=S)nc(-c2cccc(C)n2)[nH]1. The van der Waals surface area contributed by atoms with Crippen molar-refractivity contribution < 1.29 is 0 Å². The molecule has 0 aliphatic heterocycles. The number of aryl methyl sites for hydroxylation is 2. The molecule has 2 heterocycles. The fraction of sp³-hybridized carbons (Fsp3) is 0.250. The summed E-state index contributed by atoms with van der Waals surface area (Å²) in [6.45, 7) is 4.04. The summed E-state index contributed by atoms with van der Waals surface area (Å²) in [5, 5.41) is 0. The lowest BCUT2D eigenvalue weighted by atomic mass is 10.2. The molecular weight excluding hydrogens is 218 g/mol. The highest BCUT2D eigenvalue weighted by Crippen LogP contribution is 2.13. The normalized spacial score (nSPS) is 10.4. The monoisotopic (exact) mass is 231 g/mol. The molecule has 2 rings (SSSR count). The van der Waals surface area contributed by atoms with Crippen molar-refractivity contribution in [1.82, 2.24) is 15.0 Å². The van der Waals surface area contributed by atoms with Gasteiger partial charge in [-0.05, 0) is 31.5 Å². The Labute approximate surface area is 99.6 Å². The molecule has 16 heavy (non-hydrogen) atoms. The molecule has 0 amide bonds. The summed E-state index contributed by atoms with van der Waals surface area (Å²) >= 11 is 5.13. The largest absolute Gasteiger partial charge is 0.342 e. The first-order valence-corrected chi connectivity index (χ1v) is 5.64. The van der Waals surface area contributed by atoms with Gasteiger partial charge in [-0.2, -0.15) is 0 Å². The first-order valence-electron chi connectivity index (χ1n) is 5.23. The van der Waals surface area contributed by atoms with E-state index in [1.54, 1.807) is 0 Å². The van der Waals surface area contributed by atoms with Crippen molar-refractivity contribution in [3.05, 3.63) is 40.3 Å². The number of aromatic amines is 1. The van der Waals surface area contributed by atoms with Crippen molar-refractivity contribution in [2.75, 3.05) is 0 Å². The van der Waals surface area contributed by atoms with Gasteiger partial charge in [-0.25, -0.2) is 9.97 Å². The van der Waals surface area contributed by atoms with Gasteiger partial charge in [0.2, 0.25) is 0 Å². The maximum atomic E-state index is 5.13. The Hall–Kier alpha value is -1.55. The second-order valence-corrected chi connectivity index (χ2v) is 4.03. The zero-order valence-corrected chi connectivity index (χ0v) is 10.1. The molecule has 0 aliphatic carbocycles. The molecule has 2 aromatic rings. The minimum atomic E-state index is 0.605. The van der Waals surface area contributed by atoms with Crippen LogP contribution >= 0.6 is 12.2 Å². The number of pyridine rings is 1. The molecule has 82 valence electrons. The van der Waals surface area contributed by atoms with E-state index < -0.39 is 0 Å². The summed E-state index contributed by atoms with van der Waals surface area (Å²) in [5.74, 6) is 0.744. The number of hydrogen-bond donors (Lipinski definition) is 1. The van der Waals surface area contributed by atoms with Gasteiger partial charge in [0, 0.05) is 11.4 Å². The van der Waals surface area contributed by atoms with Gasteiger partial charge in [0.15, 0.2) is 5.82 Å². The summed E-state index contributed by atoms with van der Waals surface area (Å²) in [7, 11) is 0. The molecule has 0 radical (unpaired) electrons. The third-order valence-electron chi connectivity index (χ3n) is 2.31. The van der Waals surface area contributed by atoms with E-state index in [-0.39, 0.29) is 0 Å². The van der Waals surface area contributed by atoms with Crippen LogP contribution in [-0.4, -0.2) is 15.0 Å².